The smallest absolute Gasteiger partial charge is 0.335 e. The molecule has 1 aromatic carbocycles. The highest BCUT2D eigenvalue weighted by Gasteiger charge is 2.04. The van der Waals surface area contributed by atoms with E-state index in [2.05, 4.69) is 15.9 Å². The van der Waals surface area contributed by atoms with E-state index in [1.54, 1.807) is 0 Å². The first-order chi connectivity index (χ1) is 5.11. The van der Waals surface area contributed by atoms with Crippen molar-refractivity contribution in [3.63, 3.8) is 0 Å². The molecule has 5 heteroatoms. The number of carbonyl (C=O) groups is 1. The van der Waals surface area contributed by atoms with Crippen molar-refractivity contribution in [2.24, 2.45) is 0 Å². The van der Waals surface area contributed by atoms with Gasteiger partial charge in [0.15, 0.2) is 0 Å². The number of aromatic hydroxyl groups is 1. The summed E-state index contributed by atoms with van der Waals surface area (Å²) in [5, 5.41) is 17.5. The van der Waals surface area contributed by atoms with Gasteiger partial charge in [0.1, 0.15) is 5.75 Å². The predicted molar refractivity (Wildman–Crippen MR) is 46.4 cm³/mol. The van der Waals surface area contributed by atoms with Crippen molar-refractivity contribution < 1.29 is 20.5 Å². The quantitative estimate of drug-likeness (QED) is 0.761. The van der Waals surface area contributed by atoms with Gasteiger partial charge < -0.3 is 15.7 Å². The summed E-state index contributed by atoms with van der Waals surface area (Å²) in [6.07, 6.45) is 0. The summed E-state index contributed by atoms with van der Waals surface area (Å²) in [6, 6.07) is 4.01. The lowest BCUT2D eigenvalue weighted by Crippen LogP contribution is -1.94. The van der Waals surface area contributed by atoms with Crippen molar-refractivity contribution in [2.75, 3.05) is 0 Å². The minimum atomic E-state index is -1.01. The third-order valence-corrected chi connectivity index (χ3v) is 1.83. The fraction of sp³-hybridized carbons (Fsp3) is 0. The first kappa shape index (κ1) is 10.9. The third-order valence-electron chi connectivity index (χ3n) is 1.19. The van der Waals surface area contributed by atoms with Crippen LogP contribution in [0.3, 0.4) is 0 Å². The topological polar surface area (TPSA) is 89.0 Å². The number of halogens is 1. The number of benzene rings is 1. The van der Waals surface area contributed by atoms with E-state index in [4.69, 9.17) is 10.2 Å². The normalized spacial score (nSPS) is 8.75. The zero-order chi connectivity index (χ0) is 8.43. The molecule has 0 heterocycles. The summed E-state index contributed by atoms with van der Waals surface area (Å²) >= 11 is 3.00. The third kappa shape index (κ3) is 2.21. The maximum absolute atomic E-state index is 10.4. The Morgan fingerprint density at radius 1 is 1.42 bits per heavy atom. The van der Waals surface area contributed by atoms with Crippen LogP contribution < -0.4 is 0 Å². The Bertz CT molecular complexity index is 297. The molecule has 0 saturated carbocycles. The van der Waals surface area contributed by atoms with Crippen LogP contribution in [0.1, 0.15) is 10.4 Å². The van der Waals surface area contributed by atoms with Crippen LogP contribution in [0.5, 0.6) is 5.75 Å². The molecule has 0 aliphatic heterocycles. The fourth-order valence-electron chi connectivity index (χ4n) is 0.640. The lowest BCUT2D eigenvalue weighted by atomic mass is 10.2. The summed E-state index contributed by atoms with van der Waals surface area (Å²) in [5.41, 5.74) is 0.148. The molecule has 0 bridgehead atoms. The van der Waals surface area contributed by atoms with Gasteiger partial charge in [-0.15, -0.1) is 0 Å². The number of aromatic carboxylic acids is 1. The van der Waals surface area contributed by atoms with E-state index in [-0.39, 0.29) is 16.8 Å². The maximum atomic E-state index is 10.4. The number of phenols is 1. The Kier molecular flexibility index (Phi) is 3.72. The number of hydrogen-bond acceptors (Lipinski definition) is 2. The average molecular weight is 235 g/mol. The largest absolute Gasteiger partial charge is 0.507 e. The van der Waals surface area contributed by atoms with Gasteiger partial charge in [-0.2, -0.15) is 0 Å². The van der Waals surface area contributed by atoms with Crippen molar-refractivity contribution >= 4 is 21.9 Å². The molecule has 0 aliphatic carbocycles. The Morgan fingerprint density at radius 3 is 2.42 bits per heavy atom. The maximum Gasteiger partial charge on any atom is 0.335 e. The van der Waals surface area contributed by atoms with Crippen molar-refractivity contribution in [2.45, 2.75) is 0 Å². The zero-order valence-corrected chi connectivity index (χ0v) is 7.50. The highest BCUT2D eigenvalue weighted by molar-refractivity contribution is 9.10. The lowest BCUT2D eigenvalue weighted by Gasteiger charge is -1.97. The van der Waals surface area contributed by atoms with E-state index in [9.17, 15) is 4.79 Å². The predicted octanol–water partition coefficient (Wildman–Crippen LogP) is 1.03. The van der Waals surface area contributed by atoms with Crippen LogP contribution in [0, 0.1) is 0 Å². The summed E-state index contributed by atoms with van der Waals surface area (Å²) < 4.78 is 0.386. The molecule has 0 amide bonds. The minimum Gasteiger partial charge on any atom is -0.507 e. The highest BCUT2D eigenvalue weighted by atomic mass is 79.9. The van der Waals surface area contributed by atoms with E-state index in [1.807, 2.05) is 0 Å². The van der Waals surface area contributed by atoms with Gasteiger partial charge in [0.05, 0.1) is 10.0 Å². The van der Waals surface area contributed by atoms with Crippen LogP contribution in [0.25, 0.3) is 0 Å². The average Bonchev–Trinajstić information content (AvgIpc) is 1.94. The van der Waals surface area contributed by atoms with Gasteiger partial charge in [-0.1, -0.05) is 0 Å². The summed E-state index contributed by atoms with van der Waals surface area (Å²) in [5.74, 6) is -0.972. The van der Waals surface area contributed by atoms with E-state index >= 15 is 0 Å². The zero-order valence-electron chi connectivity index (χ0n) is 5.91. The molecule has 0 spiro atoms. The second kappa shape index (κ2) is 4.08. The second-order valence-electron chi connectivity index (χ2n) is 1.97. The van der Waals surface area contributed by atoms with Crippen LogP contribution in [-0.2, 0) is 0 Å². The van der Waals surface area contributed by atoms with Gasteiger partial charge in [0.2, 0.25) is 0 Å². The first-order valence-corrected chi connectivity index (χ1v) is 3.62. The molecule has 12 heavy (non-hydrogen) atoms. The minimum absolute atomic E-state index is 0. The summed E-state index contributed by atoms with van der Waals surface area (Å²) in [6.45, 7) is 0. The highest BCUT2D eigenvalue weighted by Crippen LogP contribution is 2.23. The molecular formula is C7H7BrO4. The van der Waals surface area contributed by atoms with E-state index < -0.39 is 5.97 Å². The number of carboxylic acid groups (broad SMARTS) is 1. The van der Waals surface area contributed by atoms with Crippen molar-refractivity contribution in [1.82, 2.24) is 0 Å². The molecule has 0 radical (unpaired) electrons. The van der Waals surface area contributed by atoms with E-state index in [0.717, 1.165) is 0 Å². The van der Waals surface area contributed by atoms with Gasteiger partial charge >= 0.3 is 5.97 Å². The Labute approximate surface area is 76.9 Å². The molecule has 0 aliphatic rings. The first-order valence-electron chi connectivity index (χ1n) is 2.83. The summed E-state index contributed by atoms with van der Waals surface area (Å²) in [4.78, 5) is 10.4. The molecule has 1 rings (SSSR count). The molecule has 4 nitrogen and oxygen atoms in total. The van der Waals surface area contributed by atoms with Crippen LogP contribution >= 0.6 is 15.9 Å². The molecule has 1 aromatic rings. The number of rotatable bonds is 1. The van der Waals surface area contributed by atoms with Gasteiger partial charge in [-0.25, -0.2) is 4.79 Å². The van der Waals surface area contributed by atoms with Crippen LogP contribution in [0.4, 0.5) is 0 Å². The van der Waals surface area contributed by atoms with Crippen molar-refractivity contribution in [3.8, 4) is 5.75 Å². The van der Waals surface area contributed by atoms with Crippen molar-refractivity contribution in [3.05, 3.63) is 28.2 Å². The Morgan fingerprint density at radius 2 is 2.00 bits per heavy atom. The molecule has 0 saturated heterocycles. The molecule has 66 valence electrons. The number of hydrogen-bond donors (Lipinski definition) is 2. The standard InChI is InChI=1S/C7H5BrO3.H2O/c8-5-3-4(7(10)11)1-2-6(5)9;/h1-3,9H,(H,10,11);1H2. The molecule has 0 atom stereocenters. The molecular weight excluding hydrogens is 228 g/mol. The monoisotopic (exact) mass is 234 g/mol. The lowest BCUT2D eigenvalue weighted by molar-refractivity contribution is 0.0697. The Hall–Kier alpha value is -1.07. The van der Waals surface area contributed by atoms with Crippen LogP contribution in [-0.4, -0.2) is 21.7 Å². The second-order valence-corrected chi connectivity index (χ2v) is 2.83. The molecule has 0 fully saturated rings. The van der Waals surface area contributed by atoms with Crippen LogP contribution in [0.15, 0.2) is 22.7 Å². The van der Waals surface area contributed by atoms with Gasteiger partial charge in [0, 0.05) is 0 Å². The van der Waals surface area contributed by atoms with Crippen LogP contribution in [0.2, 0.25) is 0 Å². The van der Waals surface area contributed by atoms with Gasteiger partial charge in [-0.05, 0) is 34.1 Å². The SMILES string of the molecule is O.O=C(O)c1ccc(O)c(Br)c1. The van der Waals surface area contributed by atoms with Gasteiger partial charge in [-0.3, -0.25) is 0 Å². The number of carboxylic acids is 1. The Balaban J connectivity index is 0.00000121. The summed E-state index contributed by atoms with van der Waals surface area (Å²) in [7, 11) is 0. The van der Waals surface area contributed by atoms with Crippen molar-refractivity contribution in [1.29, 1.82) is 0 Å². The molecule has 0 unspecified atom stereocenters. The van der Waals surface area contributed by atoms with Gasteiger partial charge in [0.25, 0.3) is 0 Å². The van der Waals surface area contributed by atoms with E-state index in [0.29, 0.717) is 4.47 Å². The molecule has 0 aromatic heterocycles. The number of phenolic OH excluding ortho intramolecular Hbond substituents is 1. The fourth-order valence-corrected chi connectivity index (χ4v) is 1.02. The molecule has 4 N–H and O–H groups in total. The van der Waals surface area contributed by atoms with E-state index in [1.165, 1.54) is 18.2 Å².